The molecule has 0 aliphatic carbocycles. The van der Waals surface area contributed by atoms with Crippen LogP contribution in [0.5, 0.6) is 0 Å². The number of carbonyl (C=O) groups excluding carboxylic acids is 1. The van der Waals surface area contributed by atoms with Crippen LogP contribution in [0.15, 0.2) is 0 Å². The molecule has 1 saturated heterocycles. The van der Waals surface area contributed by atoms with Gasteiger partial charge in [0, 0.05) is 26.6 Å². The lowest BCUT2D eigenvalue weighted by Gasteiger charge is -2.27. The Morgan fingerprint density at radius 2 is 2.12 bits per heavy atom. The van der Waals surface area contributed by atoms with E-state index >= 15 is 0 Å². The molecule has 92 valence electrons. The van der Waals surface area contributed by atoms with Crippen LogP contribution >= 0.6 is 0 Å². The molecule has 0 aromatic carbocycles. The molecule has 0 aromatic heterocycles. The first kappa shape index (κ1) is 12.8. The first-order chi connectivity index (χ1) is 7.47. The number of aliphatic hydroxyl groups excluding tert-OH is 1. The number of urea groups is 1. The highest BCUT2D eigenvalue weighted by Gasteiger charge is 2.39. The second-order valence-corrected chi connectivity index (χ2v) is 4.10. The standard InChI is InChI=1S/C10H18N2O4/c1-3-4-11(2)10(16)12-6-7(13)5-8(12)9(14)15/h7-8,13H,3-6H2,1-2H3,(H,14,15)/t7-,8-/m0/s1. The minimum atomic E-state index is -1.06. The summed E-state index contributed by atoms with van der Waals surface area (Å²) in [6.45, 7) is 2.62. The molecule has 1 rings (SSSR count). The zero-order valence-corrected chi connectivity index (χ0v) is 9.59. The van der Waals surface area contributed by atoms with Gasteiger partial charge in [0.2, 0.25) is 0 Å². The van der Waals surface area contributed by atoms with E-state index in [-0.39, 0.29) is 19.0 Å². The van der Waals surface area contributed by atoms with E-state index < -0.39 is 18.1 Å². The van der Waals surface area contributed by atoms with Gasteiger partial charge in [0.15, 0.2) is 0 Å². The van der Waals surface area contributed by atoms with E-state index in [9.17, 15) is 14.7 Å². The highest BCUT2D eigenvalue weighted by atomic mass is 16.4. The molecule has 0 saturated carbocycles. The lowest BCUT2D eigenvalue weighted by atomic mass is 10.2. The zero-order chi connectivity index (χ0) is 12.3. The second-order valence-electron chi connectivity index (χ2n) is 4.10. The molecule has 2 amide bonds. The van der Waals surface area contributed by atoms with Gasteiger partial charge >= 0.3 is 12.0 Å². The first-order valence-corrected chi connectivity index (χ1v) is 5.40. The lowest BCUT2D eigenvalue weighted by Crippen LogP contribution is -2.47. The van der Waals surface area contributed by atoms with Gasteiger partial charge in [-0.15, -0.1) is 0 Å². The fourth-order valence-electron chi connectivity index (χ4n) is 1.91. The van der Waals surface area contributed by atoms with Crippen LogP contribution in [0.25, 0.3) is 0 Å². The quantitative estimate of drug-likeness (QED) is 0.713. The molecular weight excluding hydrogens is 212 g/mol. The smallest absolute Gasteiger partial charge is 0.326 e. The minimum absolute atomic E-state index is 0.101. The summed E-state index contributed by atoms with van der Waals surface area (Å²) in [5, 5.41) is 18.3. The molecule has 1 fully saturated rings. The van der Waals surface area contributed by atoms with E-state index in [0.29, 0.717) is 6.54 Å². The van der Waals surface area contributed by atoms with E-state index in [1.807, 2.05) is 6.92 Å². The molecular formula is C10H18N2O4. The normalized spacial score (nSPS) is 24.6. The Morgan fingerprint density at radius 1 is 1.50 bits per heavy atom. The third-order valence-corrected chi connectivity index (χ3v) is 2.70. The number of likely N-dealkylation sites (tertiary alicyclic amines) is 1. The van der Waals surface area contributed by atoms with E-state index in [0.717, 1.165) is 6.42 Å². The molecule has 0 aromatic rings. The van der Waals surface area contributed by atoms with Crippen LogP contribution in [-0.2, 0) is 4.79 Å². The van der Waals surface area contributed by atoms with Gasteiger partial charge in [0.05, 0.1) is 6.10 Å². The number of β-amino-alcohol motifs (C(OH)–C–C–N with tert-alkyl or cyclic N) is 1. The van der Waals surface area contributed by atoms with E-state index in [1.165, 1.54) is 9.80 Å². The number of hydrogen-bond donors (Lipinski definition) is 2. The number of hydrogen-bond acceptors (Lipinski definition) is 3. The summed E-state index contributed by atoms with van der Waals surface area (Å²) in [4.78, 5) is 25.5. The minimum Gasteiger partial charge on any atom is -0.480 e. The Morgan fingerprint density at radius 3 is 2.62 bits per heavy atom. The Bertz CT molecular complexity index is 282. The van der Waals surface area contributed by atoms with Gasteiger partial charge in [-0.05, 0) is 6.42 Å². The van der Waals surface area contributed by atoms with Crippen LogP contribution in [0.4, 0.5) is 4.79 Å². The van der Waals surface area contributed by atoms with Crippen molar-refractivity contribution in [3.8, 4) is 0 Å². The lowest BCUT2D eigenvalue weighted by molar-refractivity contribution is -0.141. The average molecular weight is 230 g/mol. The molecule has 16 heavy (non-hydrogen) atoms. The largest absolute Gasteiger partial charge is 0.480 e. The van der Waals surface area contributed by atoms with Crippen molar-refractivity contribution in [1.82, 2.24) is 9.80 Å². The maximum absolute atomic E-state index is 11.9. The van der Waals surface area contributed by atoms with E-state index in [2.05, 4.69) is 0 Å². The van der Waals surface area contributed by atoms with Crippen LogP contribution in [0, 0.1) is 0 Å². The highest BCUT2D eigenvalue weighted by molar-refractivity contribution is 5.83. The average Bonchev–Trinajstić information content (AvgIpc) is 2.59. The fourth-order valence-corrected chi connectivity index (χ4v) is 1.91. The van der Waals surface area contributed by atoms with Gasteiger partial charge in [0.1, 0.15) is 6.04 Å². The molecule has 0 spiro atoms. The molecule has 1 aliphatic rings. The topological polar surface area (TPSA) is 81.1 Å². The number of amides is 2. The molecule has 1 heterocycles. The summed E-state index contributed by atoms with van der Waals surface area (Å²) in [5.41, 5.74) is 0. The predicted octanol–water partition coefficient (Wildman–Crippen LogP) is -0.0320. The number of rotatable bonds is 3. The maximum atomic E-state index is 11.9. The molecule has 1 aliphatic heterocycles. The number of carboxylic acid groups (broad SMARTS) is 1. The number of carboxylic acids is 1. The van der Waals surface area contributed by atoms with Gasteiger partial charge in [-0.2, -0.15) is 0 Å². The van der Waals surface area contributed by atoms with Crippen molar-refractivity contribution in [2.24, 2.45) is 0 Å². The van der Waals surface area contributed by atoms with E-state index in [4.69, 9.17) is 5.11 Å². The molecule has 2 N–H and O–H groups in total. The third kappa shape index (κ3) is 2.63. The van der Waals surface area contributed by atoms with Gasteiger partial charge < -0.3 is 20.0 Å². The summed E-state index contributed by atoms with van der Waals surface area (Å²) in [5.74, 6) is -1.06. The van der Waals surface area contributed by atoms with Crippen molar-refractivity contribution in [2.75, 3.05) is 20.1 Å². The number of carbonyl (C=O) groups is 2. The van der Waals surface area contributed by atoms with Crippen molar-refractivity contribution >= 4 is 12.0 Å². The summed E-state index contributed by atoms with van der Waals surface area (Å²) < 4.78 is 0. The van der Waals surface area contributed by atoms with Crippen molar-refractivity contribution < 1.29 is 19.8 Å². The van der Waals surface area contributed by atoms with Gasteiger partial charge in [-0.25, -0.2) is 9.59 Å². The molecule has 0 bridgehead atoms. The molecule has 0 radical (unpaired) electrons. The van der Waals surface area contributed by atoms with E-state index in [1.54, 1.807) is 7.05 Å². The summed E-state index contributed by atoms with van der Waals surface area (Å²) >= 11 is 0. The SMILES string of the molecule is CCCN(C)C(=O)N1C[C@@H](O)C[C@H]1C(=O)O. The highest BCUT2D eigenvalue weighted by Crippen LogP contribution is 2.19. The van der Waals surface area contributed by atoms with Gasteiger partial charge in [0.25, 0.3) is 0 Å². The Labute approximate surface area is 94.4 Å². The van der Waals surface area contributed by atoms with Crippen LogP contribution in [0.1, 0.15) is 19.8 Å². The third-order valence-electron chi connectivity index (χ3n) is 2.70. The van der Waals surface area contributed by atoms with Crippen LogP contribution < -0.4 is 0 Å². The monoisotopic (exact) mass is 230 g/mol. The Balaban J connectivity index is 2.70. The van der Waals surface area contributed by atoms with Crippen LogP contribution in [0.2, 0.25) is 0 Å². The number of aliphatic carboxylic acids is 1. The fraction of sp³-hybridized carbons (Fsp3) is 0.800. The van der Waals surface area contributed by atoms with Gasteiger partial charge in [-0.1, -0.05) is 6.92 Å². The molecule has 6 heteroatoms. The van der Waals surface area contributed by atoms with Crippen molar-refractivity contribution in [2.45, 2.75) is 31.9 Å². The Kier molecular flexibility index (Phi) is 4.12. The summed E-state index contributed by atoms with van der Waals surface area (Å²) in [6, 6.07) is -1.23. The summed E-state index contributed by atoms with van der Waals surface area (Å²) in [6.07, 6.45) is 0.192. The number of aliphatic hydroxyl groups is 1. The molecule has 2 atom stereocenters. The second kappa shape index (κ2) is 5.16. The zero-order valence-electron chi connectivity index (χ0n) is 9.59. The first-order valence-electron chi connectivity index (χ1n) is 5.40. The summed E-state index contributed by atoms with van der Waals surface area (Å²) in [7, 11) is 1.63. The van der Waals surface area contributed by atoms with Crippen molar-refractivity contribution in [3.63, 3.8) is 0 Å². The molecule has 0 unspecified atom stereocenters. The van der Waals surface area contributed by atoms with Crippen LogP contribution in [-0.4, -0.2) is 64.3 Å². The van der Waals surface area contributed by atoms with Crippen molar-refractivity contribution in [1.29, 1.82) is 0 Å². The van der Waals surface area contributed by atoms with Gasteiger partial charge in [-0.3, -0.25) is 0 Å². The Hall–Kier alpha value is -1.30. The molecule has 6 nitrogen and oxygen atoms in total. The van der Waals surface area contributed by atoms with Crippen molar-refractivity contribution in [3.05, 3.63) is 0 Å². The van der Waals surface area contributed by atoms with Crippen LogP contribution in [0.3, 0.4) is 0 Å². The maximum Gasteiger partial charge on any atom is 0.326 e. The number of nitrogens with zero attached hydrogens (tertiary/aromatic N) is 2. The predicted molar refractivity (Wildman–Crippen MR) is 57.1 cm³/mol.